The van der Waals surface area contributed by atoms with E-state index in [1.165, 1.54) is 18.2 Å². The van der Waals surface area contributed by atoms with Crippen molar-refractivity contribution in [1.29, 1.82) is 0 Å². The van der Waals surface area contributed by atoms with E-state index in [2.05, 4.69) is 15.7 Å². The molecule has 28 heavy (non-hydrogen) atoms. The SMILES string of the molecule is Cc1cc(NC(=S)Nc2ccccc2C(F)(F)F)nn1Cc1ccc(Cl)cc1. The molecule has 0 aliphatic heterocycles. The highest BCUT2D eigenvalue weighted by molar-refractivity contribution is 7.80. The third-order valence-corrected chi connectivity index (χ3v) is 4.41. The minimum Gasteiger partial charge on any atom is -0.332 e. The highest BCUT2D eigenvalue weighted by Crippen LogP contribution is 2.34. The van der Waals surface area contributed by atoms with Gasteiger partial charge in [0, 0.05) is 16.8 Å². The van der Waals surface area contributed by atoms with Crippen LogP contribution >= 0.6 is 23.8 Å². The van der Waals surface area contributed by atoms with Crippen LogP contribution in [0.25, 0.3) is 0 Å². The molecule has 0 saturated carbocycles. The van der Waals surface area contributed by atoms with Crippen LogP contribution in [0.5, 0.6) is 0 Å². The Kier molecular flexibility index (Phi) is 5.90. The second-order valence-corrected chi connectivity index (χ2v) is 6.92. The van der Waals surface area contributed by atoms with E-state index in [-0.39, 0.29) is 10.8 Å². The van der Waals surface area contributed by atoms with Crippen LogP contribution in [0.1, 0.15) is 16.8 Å². The number of alkyl halides is 3. The van der Waals surface area contributed by atoms with E-state index in [4.69, 9.17) is 23.8 Å². The smallest absolute Gasteiger partial charge is 0.332 e. The monoisotopic (exact) mass is 424 g/mol. The molecule has 0 radical (unpaired) electrons. The summed E-state index contributed by atoms with van der Waals surface area (Å²) in [5.41, 5.74) is 0.978. The fourth-order valence-corrected chi connectivity index (χ4v) is 2.94. The first kappa shape index (κ1) is 20.2. The molecule has 0 aliphatic carbocycles. The quantitative estimate of drug-likeness (QED) is 0.525. The highest BCUT2D eigenvalue weighted by Gasteiger charge is 2.33. The summed E-state index contributed by atoms with van der Waals surface area (Å²) >= 11 is 11.0. The fraction of sp³-hybridized carbons (Fsp3) is 0.158. The average Bonchev–Trinajstić information content (AvgIpc) is 2.95. The second-order valence-electron chi connectivity index (χ2n) is 6.08. The van der Waals surface area contributed by atoms with Gasteiger partial charge in [0.2, 0.25) is 0 Å². The molecule has 0 amide bonds. The lowest BCUT2D eigenvalue weighted by Gasteiger charge is -2.15. The lowest BCUT2D eigenvalue weighted by molar-refractivity contribution is -0.136. The average molecular weight is 425 g/mol. The van der Waals surface area contributed by atoms with Gasteiger partial charge in [-0.3, -0.25) is 4.68 Å². The number of benzene rings is 2. The summed E-state index contributed by atoms with van der Waals surface area (Å²) in [6.07, 6.45) is -4.48. The molecule has 2 aromatic carbocycles. The van der Waals surface area contributed by atoms with Gasteiger partial charge in [-0.15, -0.1) is 0 Å². The van der Waals surface area contributed by atoms with E-state index < -0.39 is 11.7 Å². The lowest BCUT2D eigenvalue weighted by atomic mass is 10.2. The van der Waals surface area contributed by atoms with Crippen LogP contribution in [0.2, 0.25) is 5.02 Å². The maximum absolute atomic E-state index is 13.1. The Labute approximate surface area is 170 Å². The molecule has 0 bridgehead atoms. The van der Waals surface area contributed by atoms with Gasteiger partial charge in [0.25, 0.3) is 0 Å². The fourth-order valence-electron chi connectivity index (χ4n) is 2.60. The molecule has 0 spiro atoms. The van der Waals surface area contributed by atoms with Crippen LogP contribution in [0, 0.1) is 6.92 Å². The number of para-hydroxylation sites is 1. The third kappa shape index (κ3) is 5.02. The zero-order chi connectivity index (χ0) is 20.3. The summed E-state index contributed by atoms with van der Waals surface area (Å²) in [5.74, 6) is 0.438. The summed E-state index contributed by atoms with van der Waals surface area (Å²) in [7, 11) is 0. The van der Waals surface area contributed by atoms with Crippen LogP contribution in [-0.4, -0.2) is 14.9 Å². The number of aryl methyl sites for hydroxylation is 1. The summed E-state index contributed by atoms with van der Waals surface area (Å²) in [5, 5.41) is 10.5. The lowest BCUT2D eigenvalue weighted by Crippen LogP contribution is -2.22. The molecule has 3 aromatic rings. The molecular weight excluding hydrogens is 409 g/mol. The number of rotatable bonds is 4. The largest absolute Gasteiger partial charge is 0.418 e. The van der Waals surface area contributed by atoms with Crippen LogP contribution in [0.3, 0.4) is 0 Å². The van der Waals surface area contributed by atoms with Crippen LogP contribution in [-0.2, 0) is 12.7 Å². The van der Waals surface area contributed by atoms with Crippen LogP contribution in [0.4, 0.5) is 24.7 Å². The van der Waals surface area contributed by atoms with Gasteiger partial charge in [-0.25, -0.2) is 0 Å². The van der Waals surface area contributed by atoms with Gasteiger partial charge in [0.05, 0.1) is 17.8 Å². The zero-order valence-corrected chi connectivity index (χ0v) is 16.3. The second kappa shape index (κ2) is 8.20. The first-order valence-electron chi connectivity index (χ1n) is 8.25. The van der Waals surface area contributed by atoms with E-state index in [1.54, 1.807) is 22.9 Å². The molecule has 1 heterocycles. The zero-order valence-electron chi connectivity index (χ0n) is 14.7. The van der Waals surface area contributed by atoms with E-state index in [9.17, 15) is 13.2 Å². The highest BCUT2D eigenvalue weighted by atomic mass is 35.5. The summed E-state index contributed by atoms with van der Waals surface area (Å²) in [6, 6.07) is 14.3. The van der Waals surface area contributed by atoms with E-state index >= 15 is 0 Å². The number of thiocarbonyl (C=S) groups is 1. The number of aromatic nitrogens is 2. The summed E-state index contributed by atoms with van der Waals surface area (Å²) < 4.78 is 41.0. The van der Waals surface area contributed by atoms with Crippen molar-refractivity contribution in [2.24, 2.45) is 0 Å². The summed E-state index contributed by atoms with van der Waals surface area (Å²) in [6.45, 7) is 2.41. The van der Waals surface area contributed by atoms with Gasteiger partial charge in [-0.05, 0) is 49.0 Å². The van der Waals surface area contributed by atoms with Gasteiger partial charge in [0.15, 0.2) is 10.9 Å². The predicted octanol–water partition coefficient (Wildman–Crippen LogP) is 5.72. The van der Waals surface area contributed by atoms with Gasteiger partial charge in [0.1, 0.15) is 0 Å². The van der Waals surface area contributed by atoms with E-state index in [0.717, 1.165) is 17.3 Å². The van der Waals surface area contributed by atoms with Gasteiger partial charge in [-0.1, -0.05) is 35.9 Å². The normalized spacial score (nSPS) is 11.3. The molecule has 0 aliphatic rings. The van der Waals surface area contributed by atoms with Crippen molar-refractivity contribution in [2.45, 2.75) is 19.6 Å². The van der Waals surface area contributed by atoms with Crippen molar-refractivity contribution in [1.82, 2.24) is 9.78 Å². The molecule has 9 heteroatoms. The number of anilines is 2. The molecule has 0 saturated heterocycles. The van der Waals surface area contributed by atoms with Crippen molar-refractivity contribution in [2.75, 3.05) is 10.6 Å². The van der Waals surface area contributed by atoms with E-state index in [0.29, 0.717) is 17.4 Å². The molecular formula is C19H16ClF3N4S. The topological polar surface area (TPSA) is 41.9 Å². The van der Waals surface area contributed by atoms with Crippen molar-refractivity contribution in [3.05, 3.63) is 76.4 Å². The minimum absolute atomic E-state index is 0.0212. The maximum Gasteiger partial charge on any atom is 0.418 e. The molecule has 3 rings (SSSR count). The molecule has 0 atom stereocenters. The number of halogens is 4. The minimum atomic E-state index is -4.48. The Morgan fingerprint density at radius 2 is 1.79 bits per heavy atom. The van der Waals surface area contributed by atoms with Gasteiger partial charge >= 0.3 is 6.18 Å². The van der Waals surface area contributed by atoms with Crippen molar-refractivity contribution >= 4 is 40.4 Å². The standard InChI is InChI=1S/C19H16ClF3N4S/c1-12-10-17(26-27(12)11-13-6-8-14(20)9-7-13)25-18(28)24-16-5-3-2-4-15(16)19(21,22)23/h2-10H,11H2,1H3,(H2,24,25,26,28). The number of hydrogen-bond donors (Lipinski definition) is 2. The molecule has 4 nitrogen and oxygen atoms in total. The first-order chi connectivity index (χ1) is 13.2. The first-order valence-corrected chi connectivity index (χ1v) is 9.04. The molecule has 0 fully saturated rings. The Hall–Kier alpha value is -2.58. The molecule has 2 N–H and O–H groups in total. The van der Waals surface area contributed by atoms with Gasteiger partial charge < -0.3 is 10.6 Å². The molecule has 0 unspecified atom stereocenters. The number of hydrogen-bond acceptors (Lipinski definition) is 2. The van der Waals surface area contributed by atoms with Crippen molar-refractivity contribution in [3.8, 4) is 0 Å². The van der Waals surface area contributed by atoms with Crippen LogP contribution < -0.4 is 10.6 Å². The van der Waals surface area contributed by atoms with Crippen molar-refractivity contribution < 1.29 is 13.2 Å². The maximum atomic E-state index is 13.1. The number of nitrogens with zero attached hydrogens (tertiary/aromatic N) is 2. The predicted molar refractivity (Wildman–Crippen MR) is 109 cm³/mol. The Morgan fingerprint density at radius 3 is 2.46 bits per heavy atom. The third-order valence-electron chi connectivity index (χ3n) is 3.95. The van der Waals surface area contributed by atoms with E-state index in [1.807, 2.05) is 19.1 Å². The van der Waals surface area contributed by atoms with Gasteiger partial charge in [-0.2, -0.15) is 18.3 Å². The van der Waals surface area contributed by atoms with Crippen molar-refractivity contribution in [3.63, 3.8) is 0 Å². The van der Waals surface area contributed by atoms with Crippen LogP contribution in [0.15, 0.2) is 54.6 Å². The Bertz CT molecular complexity index is 984. The molecule has 146 valence electrons. The Balaban J connectivity index is 1.69. The molecule has 1 aromatic heterocycles. The summed E-state index contributed by atoms with van der Waals surface area (Å²) in [4.78, 5) is 0. The Morgan fingerprint density at radius 1 is 1.11 bits per heavy atom. The number of nitrogens with one attached hydrogen (secondary N) is 2.